The molecule has 0 saturated carbocycles. The number of aromatic nitrogens is 3. The fourth-order valence-electron chi connectivity index (χ4n) is 5.61. The van der Waals surface area contributed by atoms with Gasteiger partial charge in [-0.1, -0.05) is 0 Å². The maximum Gasteiger partial charge on any atom is 0.272 e. The molecule has 6 rings (SSSR count). The molecule has 2 fully saturated rings. The Morgan fingerprint density at radius 1 is 1.22 bits per heavy atom. The lowest BCUT2D eigenvalue weighted by Crippen LogP contribution is -2.48. The number of rotatable bonds is 2. The molecule has 1 aromatic carbocycles. The minimum atomic E-state index is -0.295. The maximum absolute atomic E-state index is 12.9. The molecule has 1 atom stereocenters. The number of hydrogen-bond acceptors (Lipinski definition) is 5. The molecular formula is C24H27N5O3. The molecule has 1 amide bonds. The largest absolute Gasteiger partial charge is 0.497 e. The van der Waals surface area contributed by atoms with Gasteiger partial charge >= 0.3 is 0 Å². The third-order valence-corrected chi connectivity index (χ3v) is 7.33. The number of nitrogens with one attached hydrogen (secondary N) is 1. The summed E-state index contributed by atoms with van der Waals surface area (Å²) in [6, 6.07) is 12.2. The topological polar surface area (TPSA) is 73.6 Å². The number of benzene rings is 1. The van der Waals surface area contributed by atoms with Gasteiger partial charge in [-0.3, -0.25) is 9.48 Å². The monoisotopic (exact) mass is 433 g/mol. The molecule has 0 bridgehead atoms. The summed E-state index contributed by atoms with van der Waals surface area (Å²) in [4.78, 5) is 14.8. The van der Waals surface area contributed by atoms with Crippen LogP contribution in [0, 0.1) is 0 Å². The van der Waals surface area contributed by atoms with Crippen LogP contribution >= 0.6 is 0 Å². The normalized spacial score (nSPS) is 23.1. The molecule has 1 unspecified atom stereocenters. The van der Waals surface area contributed by atoms with Gasteiger partial charge in [-0.15, -0.1) is 0 Å². The maximum atomic E-state index is 12.9. The van der Waals surface area contributed by atoms with E-state index in [-0.39, 0.29) is 17.0 Å². The molecule has 166 valence electrons. The molecule has 8 nitrogen and oxygen atoms in total. The summed E-state index contributed by atoms with van der Waals surface area (Å²) >= 11 is 0. The van der Waals surface area contributed by atoms with Crippen LogP contribution in [0.4, 0.5) is 5.69 Å². The molecule has 3 aliphatic heterocycles. The minimum Gasteiger partial charge on any atom is -0.497 e. The molecule has 2 saturated heterocycles. The highest BCUT2D eigenvalue weighted by Gasteiger charge is 2.54. The van der Waals surface area contributed by atoms with Crippen LogP contribution in [0.1, 0.15) is 35.4 Å². The summed E-state index contributed by atoms with van der Waals surface area (Å²) in [6.07, 6.45) is 6.30. The number of piperidine rings is 1. The number of nitrogens with zero attached hydrogens (tertiary/aromatic N) is 4. The van der Waals surface area contributed by atoms with Crippen LogP contribution in [0.5, 0.6) is 5.75 Å². The number of carbonyl (C=O) groups excluding carboxylic acids is 1. The SMILES string of the molecule is COc1ccc2c(c1)NC1(COC3(CCN(C(=O)c4ccnn4C)CC3)C1)c1cccn1-2. The predicted molar refractivity (Wildman–Crippen MR) is 119 cm³/mol. The molecule has 1 N–H and O–H groups in total. The van der Waals surface area contributed by atoms with Crippen LogP contribution in [-0.4, -0.2) is 57.6 Å². The van der Waals surface area contributed by atoms with Gasteiger partial charge in [-0.05, 0) is 43.2 Å². The average Bonchev–Trinajstić information content (AvgIpc) is 3.54. The van der Waals surface area contributed by atoms with Gasteiger partial charge in [0.1, 0.15) is 17.0 Å². The van der Waals surface area contributed by atoms with Gasteiger partial charge in [0, 0.05) is 45.0 Å². The van der Waals surface area contributed by atoms with Crippen molar-refractivity contribution in [1.29, 1.82) is 0 Å². The van der Waals surface area contributed by atoms with Crippen molar-refractivity contribution in [3.63, 3.8) is 0 Å². The van der Waals surface area contributed by atoms with Crippen molar-refractivity contribution in [2.45, 2.75) is 30.4 Å². The van der Waals surface area contributed by atoms with Gasteiger partial charge in [0.2, 0.25) is 0 Å². The Hall–Kier alpha value is -3.26. The van der Waals surface area contributed by atoms with E-state index in [1.165, 1.54) is 5.69 Å². The van der Waals surface area contributed by atoms with Crippen molar-refractivity contribution >= 4 is 11.6 Å². The Balaban J connectivity index is 1.25. The van der Waals surface area contributed by atoms with E-state index < -0.39 is 0 Å². The highest BCUT2D eigenvalue weighted by atomic mass is 16.5. The average molecular weight is 434 g/mol. The van der Waals surface area contributed by atoms with Gasteiger partial charge < -0.3 is 24.3 Å². The number of amides is 1. The molecule has 2 aromatic heterocycles. The zero-order chi connectivity index (χ0) is 21.9. The second kappa shape index (κ2) is 6.87. The molecule has 3 aliphatic rings. The third kappa shape index (κ3) is 2.79. The van der Waals surface area contributed by atoms with Crippen LogP contribution in [0.15, 0.2) is 48.8 Å². The highest BCUT2D eigenvalue weighted by molar-refractivity contribution is 5.92. The molecular weight excluding hydrogens is 406 g/mol. The zero-order valence-electron chi connectivity index (χ0n) is 18.4. The first-order valence-electron chi connectivity index (χ1n) is 11.1. The number of hydrogen-bond donors (Lipinski definition) is 1. The Bertz CT molecular complexity index is 1190. The first kappa shape index (κ1) is 19.4. The van der Waals surface area contributed by atoms with Gasteiger partial charge in [-0.25, -0.2) is 0 Å². The minimum absolute atomic E-state index is 0.0400. The Labute approximate surface area is 186 Å². The molecule has 8 heteroatoms. The molecule has 0 aliphatic carbocycles. The van der Waals surface area contributed by atoms with E-state index >= 15 is 0 Å². The number of methoxy groups -OCH3 is 1. The van der Waals surface area contributed by atoms with Crippen molar-refractivity contribution in [2.75, 3.05) is 32.1 Å². The Morgan fingerprint density at radius 3 is 2.81 bits per heavy atom. The number of anilines is 1. The Morgan fingerprint density at radius 2 is 2.06 bits per heavy atom. The van der Waals surface area contributed by atoms with Crippen molar-refractivity contribution < 1.29 is 14.3 Å². The standard InChI is InChI=1S/C24H27N5O3/c1-27-20(7-10-25-27)22(30)28-12-8-23(9-13-28)15-24(16-32-23)21-4-3-11-29(21)19-6-5-17(31-2)14-18(19)26-24/h3-7,10-11,14,26H,8-9,12-13,15-16H2,1-2H3. The van der Waals surface area contributed by atoms with E-state index in [0.717, 1.165) is 36.4 Å². The van der Waals surface area contributed by atoms with Gasteiger partial charge in [0.05, 0.1) is 36.4 Å². The predicted octanol–water partition coefficient (Wildman–Crippen LogP) is 2.94. The molecule has 0 radical (unpaired) electrons. The van der Waals surface area contributed by atoms with Gasteiger partial charge in [0.25, 0.3) is 5.91 Å². The highest BCUT2D eigenvalue weighted by Crippen LogP contribution is 2.50. The lowest BCUT2D eigenvalue weighted by molar-refractivity contribution is -0.0393. The zero-order valence-corrected chi connectivity index (χ0v) is 18.4. The molecule has 32 heavy (non-hydrogen) atoms. The summed E-state index contributed by atoms with van der Waals surface area (Å²) in [5.41, 5.74) is 3.49. The van der Waals surface area contributed by atoms with E-state index in [9.17, 15) is 4.79 Å². The summed E-state index contributed by atoms with van der Waals surface area (Å²) < 4.78 is 15.9. The summed E-state index contributed by atoms with van der Waals surface area (Å²) in [5, 5.41) is 7.94. The van der Waals surface area contributed by atoms with E-state index in [1.807, 2.05) is 11.0 Å². The summed E-state index contributed by atoms with van der Waals surface area (Å²) in [6.45, 7) is 1.97. The third-order valence-electron chi connectivity index (χ3n) is 7.33. The Kier molecular flexibility index (Phi) is 4.17. The lowest BCUT2D eigenvalue weighted by atomic mass is 9.79. The number of fused-ring (bicyclic) bond motifs is 4. The first-order valence-corrected chi connectivity index (χ1v) is 11.1. The quantitative estimate of drug-likeness (QED) is 0.673. The molecule has 5 heterocycles. The van der Waals surface area contributed by atoms with Crippen molar-refractivity contribution in [2.24, 2.45) is 7.05 Å². The summed E-state index contributed by atoms with van der Waals surface area (Å²) in [5.74, 6) is 0.871. The molecule has 3 aromatic rings. The summed E-state index contributed by atoms with van der Waals surface area (Å²) in [7, 11) is 3.49. The number of ether oxygens (including phenoxy) is 2. The van der Waals surface area contributed by atoms with Crippen LogP contribution in [0.25, 0.3) is 5.69 Å². The fourth-order valence-corrected chi connectivity index (χ4v) is 5.61. The van der Waals surface area contributed by atoms with Crippen molar-refractivity contribution in [1.82, 2.24) is 19.2 Å². The van der Waals surface area contributed by atoms with Gasteiger partial charge in [-0.2, -0.15) is 5.10 Å². The van der Waals surface area contributed by atoms with E-state index in [2.05, 4.69) is 45.4 Å². The number of aryl methyl sites for hydroxylation is 1. The first-order chi connectivity index (χ1) is 15.5. The number of likely N-dealkylation sites (tertiary alicyclic amines) is 1. The van der Waals surface area contributed by atoms with E-state index in [1.54, 1.807) is 31.1 Å². The second-order valence-electron chi connectivity index (χ2n) is 9.13. The lowest BCUT2D eigenvalue weighted by Gasteiger charge is -2.41. The molecule has 2 spiro atoms. The van der Waals surface area contributed by atoms with E-state index in [4.69, 9.17) is 9.47 Å². The van der Waals surface area contributed by atoms with E-state index in [0.29, 0.717) is 25.4 Å². The van der Waals surface area contributed by atoms with Crippen LogP contribution in [0.2, 0.25) is 0 Å². The number of carbonyl (C=O) groups is 1. The van der Waals surface area contributed by atoms with Crippen LogP contribution in [-0.2, 0) is 17.3 Å². The van der Waals surface area contributed by atoms with Gasteiger partial charge in [0.15, 0.2) is 0 Å². The van der Waals surface area contributed by atoms with Crippen LogP contribution in [0.3, 0.4) is 0 Å². The second-order valence-corrected chi connectivity index (χ2v) is 9.13. The van der Waals surface area contributed by atoms with Crippen molar-refractivity contribution in [3.8, 4) is 11.4 Å². The van der Waals surface area contributed by atoms with Crippen LogP contribution < -0.4 is 10.1 Å². The smallest absolute Gasteiger partial charge is 0.272 e. The fraction of sp³-hybridized carbons (Fsp3) is 0.417. The van der Waals surface area contributed by atoms with Crippen molar-refractivity contribution in [3.05, 3.63) is 60.2 Å².